The van der Waals surface area contributed by atoms with E-state index in [-0.39, 0.29) is 0 Å². The second-order valence-electron chi connectivity index (χ2n) is 4.55. The Bertz CT molecular complexity index is 711. The van der Waals surface area contributed by atoms with Crippen molar-refractivity contribution in [1.29, 1.82) is 0 Å². The predicted octanol–water partition coefficient (Wildman–Crippen LogP) is 4.10. The first-order valence-electron chi connectivity index (χ1n) is 7.30. The van der Waals surface area contributed by atoms with Crippen molar-refractivity contribution in [2.45, 2.75) is 12.1 Å². The predicted molar refractivity (Wildman–Crippen MR) is 93.5 cm³/mol. The number of nitrogens with zero attached hydrogens (tertiary/aromatic N) is 2. The number of rotatable bonds is 8. The van der Waals surface area contributed by atoms with Crippen LogP contribution in [0, 0.1) is 0 Å². The van der Waals surface area contributed by atoms with Crippen molar-refractivity contribution in [3.8, 4) is 22.2 Å². The van der Waals surface area contributed by atoms with Crippen LogP contribution < -0.4 is 9.47 Å². The molecule has 3 aromatic rings. The Hall–Kier alpha value is -1.99. The number of H-pyrrole nitrogens is 1. The second-order valence-corrected chi connectivity index (χ2v) is 6.55. The molecule has 0 saturated carbocycles. The van der Waals surface area contributed by atoms with Gasteiger partial charge in [0.05, 0.1) is 18.1 Å². The van der Waals surface area contributed by atoms with Crippen LogP contribution in [0.2, 0.25) is 0 Å². The summed E-state index contributed by atoms with van der Waals surface area (Å²) in [5.74, 6) is 3.30. The average Bonchev–Trinajstić information content (AvgIpc) is 3.25. The van der Waals surface area contributed by atoms with Gasteiger partial charge in [-0.2, -0.15) is 0 Å². The van der Waals surface area contributed by atoms with Crippen LogP contribution in [-0.4, -0.2) is 34.1 Å². The number of aromatic nitrogens is 3. The lowest BCUT2D eigenvalue weighted by Crippen LogP contribution is -2.00. The van der Waals surface area contributed by atoms with Gasteiger partial charge in [0.25, 0.3) is 0 Å². The van der Waals surface area contributed by atoms with Crippen LogP contribution >= 0.6 is 23.1 Å². The molecule has 2 aromatic heterocycles. The lowest BCUT2D eigenvalue weighted by molar-refractivity contribution is 0.332. The fraction of sp³-hybridized carbons (Fsp3) is 0.250. The van der Waals surface area contributed by atoms with Crippen LogP contribution in [0.15, 0.2) is 46.9 Å². The maximum atomic E-state index is 5.70. The summed E-state index contributed by atoms with van der Waals surface area (Å²) in [7, 11) is 0. The van der Waals surface area contributed by atoms with Gasteiger partial charge in [-0.05, 0) is 42.6 Å². The summed E-state index contributed by atoms with van der Waals surface area (Å²) >= 11 is 3.21. The zero-order chi connectivity index (χ0) is 15.9. The fourth-order valence-corrected chi connectivity index (χ4v) is 3.20. The molecule has 0 bridgehead atoms. The highest BCUT2D eigenvalue weighted by Crippen LogP contribution is 2.23. The molecule has 5 nitrogen and oxygen atoms in total. The molecule has 0 atom stereocenters. The molecule has 0 unspecified atom stereocenters. The van der Waals surface area contributed by atoms with Crippen molar-refractivity contribution >= 4 is 23.1 Å². The Kier molecular flexibility index (Phi) is 5.55. The molecule has 0 aliphatic carbocycles. The van der Waals surface area contributed by atoms with Gasteiger partial charge in [-0.1, -0.05) is 17.8 Å². The van der Waals surface area contributed by atoms with Gasteiger partial charge in [-0.25, -0.2) is 4.98 Å². The van der Waals surface area contributed by atoms with Crippen LogP contribution in [0.5, 0.6) is 11.5 Å². The van der Waals surface area contributed by atoms with E-state index < -0.39 is 0 Å². The molecule has 0 amide bonds. The normalized spacial score (nSPS) is 10.7. The van der Waals surface area contributed by atoms with Crippen molar-refractivity contribution in [3.63, 3.8) is 0 Å². The fourth-order valence-electron chi connectivity index (χ4n) is 1.93. The van der Waals surface area contributed by atoms with Crippen LogP contribution in [0.1, 0.15) is 6.92 Å². The van der Waals surface area contributed by atoms with Gasteiger partial charge in [0.2, 0.25) is 5.16 Å². The van der Waals surface area contributed by atoms with Gasteiger partial charge in [-0.15, -0.1) is 16.4 Å². The quantitative estimate of drug-likeness (QED) is 0.491. The molecule has 1 aromatic carbocycles. The first-order valence-corrected chi connectivity index (χ1v) is 9.16. The van der Waals surface area contributed by atoms with Crippen molar-refractivity contribution < 1.29 is 9.47 Å². The molecule has 23 heavy (non-hydrogen) atoms. The molecule has 0 spiro atoms. The summed E-state index contributed by atoms with van der Waals surface area (Å²) in [5.41, 5.74) is 0. The molecule has 0 radical (unpaired) electrons. The maximum absolute atomic E-state index is 5.70. The minimum absolute atomic E-state index is 0.599. The SMILES string of the molecule is CCOc1ccc(OCCSc2n[nH]c(-c3cccs3)n2)cc1. The summed E-state index contributed by atoms with van der Waals surface area (Å²) in [6.45, 7) is 3.23. The van der Waals surface area contributed by atoms with Gasteiger partial charge < -0.3 is 9.47 Å². The van der Waals surface area contributed by atoms with E-state index in [1.54, 1.807) is 23.1 Å². The van der Waals surface area contributed by atoms with Crippen LogP contribution in [0.3, 0.4) is 0 Å². The largest absolute Gasteiger partial charge is 0.494 e. The molecule has 1 N–H and O–H groups in total. The molecule has 120 valence electrons. The number of hydrogen-bond donors (Lipinski definition) is 1. The number of thioether (sulfide) groups is 1. The average molecular weight is 347 g/mol. The van der Waals surface area contributed by atoms with E-state index in [4.69, 9.17) is 9.47 Å². The lowest BCUT2D eigenvalue weighted by Gasteiger charge is -2.06. The highest BCUT2D eigenvalue weighted by Gasteiger charge is 2.06. The molecule has 0 aliphatic rings. The zero-order valence-electron chi connectivity index (χ0n) is 12.7. The Morgan fingerprint density at radius 3 is 2.61 bits per heavy atom. The van der Waals surface area contributed by atoms with Crippen molar-refractivity contribution in [1.82, 2.24) is 15.2 Å². The molecular weight excluding hydrogens is 330 g/mol. The lowest BCUT2D eigenvalue weighted by atomic mass is 10.3. The Balaban J connectivity index is 1.43. The zero-order valence-corrected chi connectivity index (χ0v) is 14.3. The molecule has 3 rings (SSSR count). The molecule has 0 saturated heterocycles. The van der Waals surface area contributed by atoms with Crippen molar-refractivity contribution in [3.05, 3.63) is 41.8 Å². The summed E-state index contributed by atoms with van der Waals surface area (Å²) in [6, 6.07) is 11.7. The first-order chi connectivity index (χ1) is 11.3. The topological polar surface area (TPSA) is 60.0 Å². The first kappa shape index (κ1) is 15.9. The Morgan fingerprint density at radius 2 is 1.91 bits per heavy atom. The van der Waals surface area contributed by atoms with Gasteiger partial charge in [-0.3, -0.25) is 5.10 Å². The van der Waals surface area contributed by atoms with Crippen molar-refractivity contribution in [2.24, 2.45) is 0 Å². The van der Waals surface area contributed by atoms with E-state index in [1.165, 1.54) is 0 Å². The highest BCUT2D eigenvalue weighted by molar-refractivity contribution is 7.99. The Labute approximate surface area is 143 Å². The van der Waals surface area contributed by atoms with Gasteiger partial charge in [0.15, 0.2) is 5.82 Å². The van der Waals surface area contributed by atoms with Gasteiger partial charge in [0.1, 0.15) is 11.5 Å². The maximum Gasteiger partial charge on any atom is 0.208 e. The van der Waals surface area contributed by atoms with E-state index in [1.807, 2.05) is 48.7 Å². The number of benzene rings is 1. The van der Waals surface area contributed by atoms with Crippen molar-refractivity contribution in [2.75, 3.05) is 19.0 Å². The number of ether oxygens (including phenoxy) is 2. The third kappa shape index (κ3) is 4.49. The standard InChI is InChI=1S/C16H17N3O2S2/c1-2-20-12-5-7-13(8-6-12)21-9-11-23-16-17-15(18-19-16)14-4-3-10-22-14/h3-8,10H,2,9,11H2,1H3,(H,17,18,19). The minimum Gasteiger partial charge on any atom is -0.494 e. The smallest absolute Gasteiger partial charge is 0.208 e. The molecule has 0 aliphatic heterocycles. The van der Waals surface area contributed by atoms with Crippen LogP contribution in [-0.2, 0) is 0 Å². The number of thiophene rings is 1. The van der Waals surface area contributed by atoms with Gasteiger partial charge >= 0.3 is 0 Å². The van der Waals surface area contributed by atoms with E-state index in [9.17, 15) is 0 Å². The summed E-state index contributed by atoms with van der Waals surface area (Å²) in [4.78, 5) is 5.56. The minimum atomic E-state index is 0.599. The van der Waals surface area contributed by atoms with E-state index in [2.05, 4.69) is 15.2 Å². The van der Waals surface area contributed by atoms with E-state index >= 15 is 0 Å². The molecule has 0 fully saturated rings. The summed E-state index contributed by atoms with van der Waals surface area (Å²) in [6.07, 6.45) is 0. The number of nitrogens with one attached hydrogen (secondary N) is 1. The number of hydrogen-bond acceptors (Lipinski definition) is 6. The van der Waals surface area contributed by atoms with E-state index in [0.717, 1.165) is 33.1 Å². The second kappa shape index (κ2) is 8.03. The van der Waals surface area contributed by atoms with Crippen LogP contribution in [0.25, 0.3) is 10.7 Å². The number of aromatic amines is 1. The molecule has 2 heterocycles. The monoisotopic (exact) mass is 347 g/mol. The molecule has 7 heteroatoms. The highest BCUT2D eigenvalue weighted by atomic mass is 32.2. The summed E-state index contributed by atoms with van der Waals surface area (Å²) < 4.78 is 11.1. The molecular formula is C16H17N3O2S2. The summed E-state index contributed by atoms with van der Waals surface area (Å²) in [5, 5.41) is 9.93. The van der Waals surface area contributed by atoms with Gasteiger partial charge in [0, 0.05) is 5.75 Å². The van der Waals surface area contributed by atoms with E-state index in [0.29, 0.717) is 13.2 Å². The third-order valence-corrected chi connectivity index (χ3v) is 4.63. The third-order valence-electron chi connectivity index (χ3n) is 2.94. The van der Waals surface area contributed by atoms with Crippen LogP contribution in [0.4, 0.5) is 0 Å². The Morgan fingerprint density at radius 1 is 1.13 bits per heavy atom.